The Morgan fingerprint density at radius 1 is 1.00 bits per heavy atom. The number of rotatable bonds is 4. The lowest BCUT2D eigenvalue weighted by atomic mass is 10.3. The molecule has 7 heteroatoms. The van der Waals surface area contributed by atoms with Crippen molar-refractivity contribution in [3.05, 3.63) is 71.5 Å². The number of allylic oxidation sites excluding steroid dienone is 2. The molecule has 158 valence electrons. The Balaban J connectivity index is 0.00000231. The van der Waals surface area contributed by atoms with Gasteiger partial charge in [0.1, 0.15) is 5.52 Å². The van der Waals surface area contributed by atoms with Crippen molar-refractivity contribution in [2.24, 2.45) is 0 Å². The molecule has 3 heterocycles. The van der Waals surface area contributed by atoms with Gasteiger partial charge in [-0.15, -0.1) is 0 Å². The van der Waals surface area contributed by atoms with Crippen LogP contribution in [-0.2, 0) is 13.1 Å². The summed E-state index contributed by atoms with van der Waals surface area (Å²) in [6.45, 7) is 5.99. The summed E-state index contributed by atoms with van der Waals surface area (Å²) in [6.07, 6.45) is 6.49. The lowest BCUT2D eigenvalue weighted by Crippen LogP contribution is -3.00. The van der Waals surface area contributed by atoms with E-state index in [2.05, 4.69) is 77.4 Å². The van der Waals surface area contributed by atoms with Crippen LogP contribution in [0.1, 0.15) is 19.7 Å². The molecule has 0 amide bonds. The predicted molar refractivity (Wildman–Crippen MR) is 124 cm³/mol. The molecule has 31 heavy (non-hydrogen) atoms. The summed E-state index contributed by atoms with van der Waals surface area (Å²) in [5, 5.41) is 1.22. The largest absolute Gasteiger partial charge is 1.00 e. The van der Waals surface area contributed by atoms with Gasteiger partial charge in [-0.2, -0.15) is 0 Å². The first-order chi connectivity index (χ1) is 14.7. The second kappa shape index (κ2) is 8.73. The molecule has 0 fully saturated rings. The minimum atomic E-state index is 0. The zero-order valence-corrected chi connectivity index (χ0v) is 19.4. The number of benzene rings is 2. The van der Waals surface area contributed by atoms with E-state index < -0.39 is 0 Å². The van der Waals surface area contributed by atoms with Gasteiger partial charge in [-0.05, 0) is 44.2 Å². The molecule has 2 aromatic heterocycles. The van der Waals surface area contributed by atoms with Crippen molar-refractivity contribution in [1.29, 1.82) is 0 Å². The first-order valence-electron chi connectivity index (χ1n) is 10.3. The molecule has 0 saturated carbocycles. The first kappa shape index (κ1) is 21.4. The molecule has 1 aliphatic rings. The summed E-state index contributed by atoms with van der Waals surface area (Å²) in [5.41, 5.74) is 4.99. The average Bonchev–Trinajstić information content (AvgIpc) is 3.25. The zero-order valence-electron chi connectivity index (χ0n) is 17.8. The highest BCUT2D eigenvalue weighted by Crippen LogP contribution is 2.44. The van der Waals surface area contributed by atoms with Crippen LogP contribution in [0.4, 0.5) is 5.69 Å². The van der Waals surface area contributed by atoms with Crippen molar-refractivity contribution in [3.63, 3.8) is 0 Å². The third-order valence-corrected chi connectivity index (χ3v) is 6.67. The van der Waals surface area contributed by atoms with Gasteiger partial charge in [0.25, 0.3) is 5.65 Å². The number of aromatic nitrogens is 4. The highest BCUT2D eigenvalue weighted by molar-refractivity contribution is 8.03. The minimum Gasteiger partial charge on any atom is -1.00 e. The van der Waals surface area contributed by atoms with E-state index in [1.54, 1.807) is 11.8 Å². The number of hydrogen-bond acceptors (Lipinski definition) is 4. The lowest BCUT2D eigenvalue weighted by Gasteiger charge is -2.12. The summed E-state index contributed by atoms with van der Waals surface area (Å²) in [7, 11) is 2.12. The number of imidazole rings is 1. The number of thioether (sulfide) groups is 1. The van der Waals surface area contributed by atoms with Crippen LogP contribution in [0.15, 0.2) is 70.6 Å². The van der Waals surface area contributed by atoms with E-state index in [0.717, 1.165) is 41.2 Å². The van der Waals surface area contributed by atoms with Crippen LogP contribution < -0.4 is 21.9 Å². The third-order valence-electron chi connectivity index (χ3n) is 5.49. The smallest absolute Gasteiger partial charge is 0.323 e. The van der Waals surface area contributed by atoms with E-state index in [0.29, 0.717) is 0 Å². The monoisotopic (exact) mass is 449 g/mol. The quantitative estimate of drug-likeness (QED) is 0.447. The van der Waals surface area contributed by atoms with Crippen molar-refractivity contribution >= 4 is 45.9 Å². The maximum atomic E-state index is 4.92. The molecule has 0 radical (unpaired) electrons. The van der Waals surface area contributed by atoms with E-state index >= 15 is 0 Å². The van der Waals surface area contributed by atoms with E-state index in [1.165, 1.54) is 15.6 Å². The Hall–Kier alpha value is -2.83. The maximum absolute atomic E-state index is 4.92. The van der Waals surface area contributed by atoms with Crippen LogP contribution in [-0.4, -0.2) is 21.6 Å². The van der Waals surface area contributed by atoms with Crippen molar-refractivity contribution in [2.45, 2.75) is 31.8 Å². The van der Waals surface area contributed by atoms with E-state index in [1.807, 2.05) is 24.3 Å². The second-order valence-corrected chi connectivity index (χ2v) is 8.26. The molecule has 1 aliphatic heterocycles. The Morgan fingerprint density at radius 2 is 1.71 bits per heavy atom. The lowest BCUT2D eigenvalue weighted by molar-refractivity contribution is -0.672. The van der Waals surface area contributed by atoms with Gasteiger partial charge in [-0.3, -0.25) is 0 Å². The molecule has 0 spiro atoms. The summed E-state index contributed by atoms with van der Waals surface area (Å²) < 4.78 is 4.49. The van der Waals surface area contributed by atoms with Gasteiger partial charge in [-0.1, -0.05) is 47.1 Å². The number of aryl methyl sites for hydroxylation is 2. The number of nitrogens with zero attached hydrogens (tertiary/aromatic N) is 5. The van der Waals surface area contributed by atoms with E-state index in [9.17, 15) is 0 Å². The van der Waals surface area contributed by atoms with Gasteiger partial charge in [0.05, 0.1) is 23.8 Å². The molecular formula is C24H24ClN5S. The highest BCUT2D eigenvalue weighted by Gasteiger charge is 2.24. The van der Waals surface area contributed by atoms with Gasteiger partial charge in [0, 0.05) is 18.0 Å². The van der Waals surface area contributed by atoms with E-state index in [-0.39, 0.29) is 12.4 Å². The van der Waals surface area contributed by atoms with Crippen LogP contribution in [0.25, 0.3) is 28.4 Å². The fourth-order valence-electron chi connectivity index (χ4n) is 3.99. The molecule has 0 atom stereocenters. The average molecular weight is 450 g/mol. The molecule has 0 N–H and O–H groups in total. The Bertz CT molecular complexity index is 1260. The fraction of sp³-hybridized carbons (Fsp3) is 0.208. The number of hydrogen-bond donors (Lipinski definition) is 0. The third kappa shape index (κ3) is 3.60. The van der Waals surface area contributed by atoms with Gasteiger partial charge in [0.2, 0.25) is 5.82 Å². The van der Waals surface area contributed by atoms with Gasteiger partial charge < -0.3 is 17.3 Å². The molecule has 0 unspecified atom stereocenters. The molecule has 0 aliphatic carbocycles. The fourth-order valence-corrected chi connectivity index (χ4v) is 5.06. The summed E-state index contributed by atoms with van der Waals surface area (Å²) in [6, 6.07) is 16.6. The number of halogens is 1. The first-order valence-corrected chi connectivity index (χ1v) is 11.1. The van der Waals surface area contributed by atoms with Crippen LogP contribution in [0.2, 0.25) is 0 Å². The van der Waals surface area contributed by atoms with Crippen LogP contribution in [0.3, 0.4) is 0 Å². The molecule has 5 rings (SSSR count). The normalized spacial score (nSPS) is 14.7. The second-order valence-electron chi connectivity index (χ2n) is 7.20. The zero-order chi connectivity index (χ0) is 20.7. The van der Waals surface area contributed by atoms with Gasteiger partial charge in [0.15, 0.2) is 5.52 Å². The maximum Gasteiger partial charge on any atom is 0.323 e. The van der Waals surface area contributed by atoms with Crippen LogP contribution in [0, 0.1) is 0 Å². The Labute approximate surface area is 192 Å². The molecule has 5 nitrogen and oxygen atoms in total. The van der Waals surface area contributed by atoms with Crippen LogP contribution in [0.5, 0.6) is 0 Å². The Morgan fingerprint density at radius 3 is 2.42 bits per heavy atom. The Kier molecular flexibility index (Phi) is 6.03. The summed E-state index contributed by atoms with van der Waals surface area (Å²) in [5.74, 6) is 1.12. The van der Waals surface area contributed by atoms with Crippen molar-refractivity contribution in [2.75, 3.05) is 11.9 Å². The number of fused-ring (bicyclic) bond motifs is 3. The van der Waals surface area contributed by atoms with Crippen LogP contribution >= 0.6 is 11.8 Å². The standard InChI is InChI=1S/C24H24N5S.ClH/c1-4-28-21(15-10-16-22-27(3)19-13-8-9-14-20(19)30-22)29(5-2)24-23(28)25-17-11-6-7-12-18(17)26-24;/h6-16H,4-5H2,1-3H3;1H/q+1;/p-1. The highest BCUT2D eigenvalue weighted by atomic mass is 35.5. The molecular weight excluding hydrogens is 426 g/mol. The van der Waals surface area contributed by atoms with Gasteiger partial charge in [-0.25, -0.2) is 14.1 Å². The van der Waals surface area contributed by atoms with Crippen molar-refractivity contribution in [1.82, 2.24) is 14.5 Å². The van der Waals surface area contributed by atoms with E-state index in [4.69, 9.17) is 9.97 Å². The number of para-hydroxylation sites is 3. The molecule has 0 bridgehead atoms. The van der Waals surface area contributed by atoms with Gasteiger partial charge >= 0.3 is 5.65 Å². The van der Waals surface area contributed by atoms with Crippen molar-refractivity contribution in [3.8, 4) is 0 Å². The molecule has 2 aromatic carbocycles. The summed E-state index contributed by atoms with van der Waals surface area (Å²) in [4.78, 5) is 13.4. The van der Waals surface area contributed by atoms with Crippen molar-refractivity contribution < 1.29 is 17.0 Å². The summed E-state index contributed by atoms with van der Waals surface area (Å²) >= 11 is 1.80. The number of anilines is 1. The topological polar surface area (TPSA) is 37.8 Å². The minimum absolute atomic E-state index is 0. The molecule has 4 aromatic rings. The SMILES string of the molecule is CCn1c(/C=C/C=C2\Sc3ccccc3N2C)[n+](CC)c2nc3ccccc3nc21.[Cl-]. The predicted octanol–water partition coefficient (Wildman–Crippen LogP) is 2.01. The molecule has 0 saturated heterocycles.